The molecule has 21 heavy (non-hydrogen) atoms. The molecule has 2 aromatic rings. The molecule has 5 nitrogen and oxygen atoms in total. The molecule has 1 heterocycles. The van der Waals surface area contributed by atoms with Crippen molar-refractivity contribution in [3.05, 3.63) is 53.3 Å². The lowest BCUT2D eigenvalue weighted by molar-refractivity contribution is 0.402. The van der Waals surface area contributed by atoms with E-state index in [1.807, 2.05) is 18.2 Å². The average Bonchev–Trinajstić information content (AvgIpc) is 2.48. The molecule has 0 aliphatic heterocycles. The van der Waals surface area contributed by atoms with E-state index in [-0.39, 0.29) is 17.2 Å². The zero-order valence-electron chi connectivity index (χ0n) is 11.4. The van der Waals surface area contributed by atoms with Gasteiger partial charge in [0, 0.05) is 29.9 Å². The van der Waals surface area contributed by atoms with E-state index in [0.29, 0.717) is 11.4 Å². The first-order valence-electron chi connectivity index (χ1n) is 6.26. The second kappa shape index (κ2) is 6.89. The largest absolute Gasteiger partial charge is 0.495 e. The Kier molecular flexibility index (Phi) is 5.17. The normalized spacial score (nSPS) is 11.3. The maximum atomic E-state index is 12.3. The minimum Gasteiger partial charge on any atom is -0.495 e. The van der Waals surface area contributed by atoms with Crippen LogP contribution < -0.4 is 9.46 Å². The second-order valence-electron chi connectivity index (χ2n) is 4.26. The van der Waals surface area contributed by atoms with Gasteiger partial charge in [0.1, 0.15) is 10.6 Å². The van der Waals surface area contributed by atoms with Crippen LogP contribution in [0.1, 0.15) is 5.69 Å². The second-order valence-corrected chi connectivity index (χ2v) is 6.44. The van der Waals surface area contributed by atoms with E-state index < -0.39 is 10.0 Å². The van der Waals surface area contributed by atoms with Gasteiger partial charge in [-0.3, -0.25) is 4.98 Å². The first kappa shape index (κ1) is 15.8. The van der Waals surface area contributed by atoms with Crippen molar-refractivity contribution in [1.29, 1.82) is 0 Å². The van der Waals surface area contributed by atoms with Crippen molar-refractivity contribution in [3.63, 3.8) is 0 Å². The van der Waals surface area contributed by atoms with Crippen LogP contribution in [0.5, 0.6) is 5.75 Å². The molecule has 0 atom stereocenters. The number of hydrogen-bond donors (Lipinski definition) is 1. The van der Waals surface area contributed by atoms with Gasteiger partial charge in [0.25, 0.3) is 0 Å². The standard InChI is InChI=1S/C14H15ClN2O3S/c1-20-13-6-5-11(15)10-14(13)21(18,19)17-9-7-12-4-2-3-8-16-12/h2-6,8,10,17H,7,9H2,1H3. The Morgan fingerprint density at radius 1 is 1.29 bits per heavy atom. The Hall–Kier alpha value is -1.63. The van der Waals surface area contributed by atoms with Crippen LogP contribution in [0.25, 0.3) is 0 Å². The van der Waals surface area contributed by atoms with E-state index in [9.17, 15) is 8.42 Å². The summed E-state index contributed by atoms with van der Waals surface area (Å²) in [5.74, 6) is 0.254. The van der Waals surface area contributed by atoms with Gasteiger partial charge in [0.2, 0.25) is 10.0 Å². The Labute approximate surface area is 129 Å². The molecule has 1 aromatic heterocycles. The van der Waals surface area contributed by atoms with Crippen LogP contribution in [0.15, 0.2) is 47.5 Å². The molecule has 1 aromatic carbocycles. The molecule has 7 heteroatoms. The number of aromatic nitrogens is 1. The number of halogens is 1. The molecule has 0 saturated heterocycles. The summed E-state index contributed by atoms with van der Waals surface area (Å²) in [6.45, 7) is 0.245. The summed E-state index contributed by atoms with van der Waals surface area (Å²) in [6, 6.07) is 9.97. The summed E-state index contributed by atoms with van der Waals surface area (Å²) >= 11 is 5.85. The zero-order valence-corrected chi connectivity index (χ0v) is 13.0. The molecule has 0 bridgehead atoms. The summed E-state index contributed by atoms with van der Waals surface area (Å²) in [5.41, 5.74) is 0.818. The number of nitrogens with zero attached hydrogens (tertiary/aromatic N) is 1. The Morgan fingerprint density at radius 2 is 2.10 bits per heavy atom. The van der Waals surface area contributed by atoms with Gasteiger partial charge in [-0.05, 0) is 30.3 Å². The third-order valence-corrected chi connectivity index (χ3v) is 4.53. The molecule has 0 unspecified atom stereocenters. The number of sulfonamides is 1. The van der Waals surface area contributed by atoms with Crippen molar-refractivity contribution in [1.82, 2.24) is 9.71 Å². The van der Waals surface area contributed by atoms with Gasteiger partial charge in [0.15, 0.2) is 0 Å². The topological polar surface area (TPSA) is 68.3 Å². The molecule has 112 valence electrons. The number of pyridine rings is 1. The van der Waals surface area contributed by atoms with Crippen LogP contribution >= 0.6 is 11.6 Å². The van der Waals surface area contributed by atoms with Crippen LogP contribution in [-0.2, 0) is 16.4 Å². The molecule has 0 aliphatic carbocycles. The quantitative estimate of drug-likeness (QED) is 0.884. The third kappa shape index (κ3) is 4.17. The summed E-state index contributed by atoms with van der Waals surface area (Å²) in [5, 5.41) is 0.334. The minimum atomic E-state index is -3.68. The number of rotatable bonds is 6. The molecule has 0 saturated carbocycles. The lowest BCUT2D eigenvalue weighted by Crippen LogP contribution is -2.26. The highest BCUT2D eigenvalue weighted by atomic mass is 35.5. The Balaban J connectivity index is 2.10. The van der Waals surface area contributed by atoms with Crippen LogP contribution in [0.4, 0.5) is 0 Å². The van der Waals surface area contributed by atoms with Gasteiger partial charge in [-0.2, -0.15) is 0 Å². The molecule has 0 amide bonds. The predicted molar refractivity (Wildman–Crippen MR) is 81.1 cm³/mol. The number of methoxy groups -OCH3 is 1. The molecule has 1 N–H and O–H groups in total. The molecular weight excluding hydrogens is 312 g/mol. The van der Waals surface area contributed by atoms with E-state index in [2.05, 4.69) is 9.71 Å². The van der Waals surface area contributed by atoms with Crippen LogP contribution in [0.2, 0.25) is 5.02 Å². The van der Waals surface area contributed by atoms with Gasteiger partial charge < -0.3 is 4.74 Å². The monoisotopic (exact) mass is 326 g/mol. The summed E-state index contributed by atoms with van der Waals surface area (Å²) < 4.78 is 32.1. The molecule has 0 aliphatic rings. The van der Waals surface area contributed by atoms with Crippen LogP contribution in [0, 0.1) is 0 Å². The highest BCUT2D eigenvalue weighted by Crippen LogP contribution is 2.26. The van der Waals surface area contributed by atoms with E-state index in [4.69, 9.17) is 16.3 Å². The smallest absolute Gasteiger partial charge is 0.244 e. The lowest BCUT2D eigenvalue weighted by atomic mass is 10.3. The van der Waals surface area contributed by atoms with E-state index >= 15 is 0 Å². The van der Waals surface area contributed by atoms with Crippen molar-refractivity contribution >= 4 is 21.6 Å². The summed E-state index contributed by atoms with van der Waals surface area (Å²) in [6.07, 6.45) is 2.17. The van der Waals surface area contributed by atoms with E-state index in [1.165, 1.54) is 19.2 Å². The van der Waals surface area contributed by atoms with Crippen molar-refractivity contribution in [2.45, 2.75) is 11.3 Å². The van der Waals surface area contributed by atoms with Crippen LogP contribution in [-0.4, -0.2) is 27.1 Å². The van der Waals surface area contributed by atoms with Gasteiger partial charge >= 0.3 is 0 Å². The fourth-order valence-corrected chi connectivity index (χ4v) is 3.26. The van der Waals surface area contributed by atoms with Gasteiger partial charge in [-0.1, -0.05) is 17.7 Å². The Morgan fingerprint density at radius 3 is 2.76 bits per heavy atom. The van der Waals surface area contributed by atoms with E-state index in [1.54, 1.807) is 12.3 Å². The zero-order chi connectivity index (χ0) is 15.3. The average molecular weight is 327 g/mol. The van der Waals surface area contributed by atoms with Crippen LogP contribution in [0.3, 0.4) is 0 Å². The fourth-order valence-electron chi connectivity index (χ4n) is 1.80. The molecule has 0 spiro atoms. The molecule has 2 rings (SSSR count). The van der Waals surface area contributed by atoms with Crippen molar-refractivity contribution < 1.29 is 13.2 Å². The third-order valence-electron chi connectivity index (χ3n) is 2.81. The van der Waals surface area contributed by atoms with Crippen molar-refractivity contribution in [2.24, 2.45) is 0 Å². The maximum Gasteiger partial charge on any atom is 0.244 e. The molecule has 0 radical (unpaired) electrons. The summed E-state index contributed by atoms with van der Waals surface area (Å²) in [7, 11) is -2.27. The highest BCUT2D eigenvalue weighted by molar-refractivity contribution is 7.89. The Bertz CT molecular complexity index is 705. The minimum absolute atomic E-state index is 0.0264. The van der Waals surface area contributed by atoms with E-state index in [0.717, 1.165) is 5.69 Å². The number of nitrogens with one attached hydrogen (secondary N) is 1. The predicted octanol–water partition coefficient (Wildman–Crippen LogP) is 2.26. The fraction of sp³-hybridized carbons (Fsp3) is 0.214. The first-order valence-corrected chi connectivity index (χ1v) is 8.12. The van der Waals surface area contributed by atoms with Gasteiger partial charge in [-0.25, -0.2) is 13.1 Å². The number of ether oxygens (including phenoxy) is 1. The van der Waals surface area contributed by atoms with Crippen molar-refractivity contribution in [2.75, 3.05) is 13.7 Å². The SMILES string of the molecule is COc1ccc(Cl)cc1S(=O)(=O)NCCc1ccccn1. The van der Waals surface area contributed by atoms with Gasteiger partial charge in [0.05, 0.1) is 7.11 Å². The highest BCUT2D eigenvalue weighted by Gasteiger charge is 2.19. The number of hydrogen-bond acceptors (Lipinski definition) is 4. The first-order chi connectivity index (χ1) is 10.0. The van der Waals surface area contributed by atoms with Gasteiger partial charge in [-0.15, -0.1) is 0 Å². The number of benzene rings is 1. The molecular formula is C14H15ClN2O3S. The summed E-state index contributed by atoms with van der Waals surface area (Å²) in [4.78, 5) is 4.16. The van der Waals surface area contributed by atoms with Crippen molar-refractivity contribution in [3.8, 4) is 5.75 Å². The lowest BCUT2D eigenvalue weighted by Gasteiger charge is -2.11. The molecule has 0 fully saturated rings. The maximum absolute atomic E-state index is 12.3.